The van der Waals surface area contributed by atoms with Gasteiger partial charge in [0.1, 0.15) is 6.04 Å². The Hall–Kier alpha value is -1.28. The first-order chi connectivity index (χ1) is 14.8. The number of nitrogens with zero attached hydrogens (tertiary/aromatic N) is 1. The van der Waals surface area contributed by atoms with Crippen molar-refractivity contribution in [2.24, 2.45) is 11.8 Å². The molecule has 31 heavy (non-hydrogen) atoms. The lowest BCUT2D eigenvalue weighted by atomic mass is 9.66. The van der Waals surface area contributed by atoms with Crippen LogP contribution in [-0.4, -0.2) is 68.5 Å². The van der Waals surface area contributed by atoms with Gasteiger partial charge in [-0.15, -0.1) is 11.8 Å². The molecule has 3 heterocycles. The van der Waals surface area contributed by atoms with Gasteiger partial charge in [0.15, 0.2) is 0 Å². The number of likely N-dealkylation sites (tertiary alicyclic amines) is 1. The van der Waals surface area contributed by atoms with E-state index in [-0.39, 0.29) is 35.1 Å². The zero-order valence-electron chi connectivity index (χ0n) is 19.0. The molecule has 4 fully saturated rings. The molecular formula is C23H37N3O4S. The van der Waals surface area contributed by atoms with Crippen LogP contribution in [0, 0.1) is 11.8 Å². The highest BCUT2D eigenvalue weighted by molar-refractivity contribution is 8.02. The number of thioether (sulfide) groups is 1. The van der Waals surface area contributed by atoms with Crippen molar-refractivity contribution in [2.45, 2.75) is 99.8 Å². The molecule has 0 aromatic heterocycles. The Balaban J connectivity index is 1.68. The topological polar surface area (TPSA) is 98.7 Å². The monoisotopic (exact) mass is 451 g/mol. The van der Waals surface area contributed by atoms with E-state index in [0.29, 0.717) is 6.54 Å². The van der Waals surface area contributed by atoms with Crippen LogP contribution in [0.3, 0.4) is 0 Å². The van der Waals surface area contributed by atoms with Crippen molar-refractivity contribution in [3.63, 3.8) is 0 Å². The van der Waals surface area contributed by atoms with E-state index < -0.39 is 28.7 Å². The molecule has 2 unspecified atom stereocenters. The van der Waals surface area contributed by atoms with Crippen molar-refractivity contribution >= 4 is 29.5 Å². The molecule has 0 aromatic carbocycles. The van der Waals surface area contributed by atoms with Crippen LogP contribution in [0.15, 0.2) is 0 Å². The Bertz CT molecular complexity index is 742. The minimum Gasteiger partial charge on any atom is -0.394 e. The van der Waals surface area contributed by atoms with Gasteiger partial charge in [0.2, 0.25) is 17.7 Å². The predicted octanol–water partition coefficient (Wildman–Crippen LogP) is 1.82. The maximum absolute atomic E-state index is 13.8. The van der Waals surface area contributed by atoms with Gasteiger partial charge < -0.3 is 20.6 Å². The highest BCUT2D eigenvalue weighted by Gasteiger charge is 2.77. The minimum absolute atomic E-state index is 0.0679. The third-order valence-electron chi connectivity index (χ3n) is 7.99. The van der Waals surface area contributed by atoms with Gasteiger partial charge in [-0.1, -0.05) is 26.2 Å². The summed E-state index contributed by atoms with van der Waals surface area (Å²) in [5, 5.41) is 16.1. The zero-order chi connectivity index (χ0) is 22.4. The Morgan fingerprint density at radius 3 is 2.58 bits per heavy atom. The number of aliphatic hydroxyl groups is 1. The van der Waals surface area contributed by atoms with Crippen molar-refractivity contribution in [3.8, 4) is 0 Å². The van der Waals surface area contributed by atoms with Gasteiger partial charge in [-0.05, 0) is 46.0 Å². The largest absolute Gasteiger partial charge is 0.394 e. The van der Waals surface area contributed by atoms with Crippen LogP contribution in [0.4, 0.5) is 0 Å². The molecule has 8 heteroatoms. The Labute approximate surface area is 189 Å². The summed E-state index contributed by atoms with van der Waals surface area (Å²) >= 11 is 1.69. The first-order valence-electron chi connectivity index (χ1n) is 12.0. The average molecular weight is 452 g/mol. The number of rotatable bonds is 7. The number of hydrogen-bond donors (Lipinski definition) is 3. The average Bonchev–Trinajstić information content (AvgIpc) is 3.33. The van der Waals surface area contributed by atoms with Crippen LogP contribution >= 0.6 is 11.8 Å². The Morgan fingerprint density at radius 2 is 1.94 bits per heavy atom. The summed E-state index contributed by atoms with van der Waals surface area (Å²) in [5.74, 6) is -1.26. The van der Waals surface area contributed by atoms with E-state index in [1.54, 1.807) is 23.6 Å². The Morgan fingerprint density at radius 1 is 1.23 bits per heavy atom. The number of carbonyl (C=O) groups is 3. The molecule has 4 aliphatic rings. The lowest BCUT2D eigenvalue weighted by Gasteiger charge is -2.37. The normalized spacial score (nSPS) is 38.3. The van der Waals surface area contributed by atoms with Crippen molar-refractivity contribution in [1.29, 1.82) is 0 Å². The van der Waals surface area contributed by atoms with E-state index in [4.69, 9.17) is 0 Å². The van der Waals surface area contributed by atoms with Crippen LogP contribution in [0.1, 0.15) is 72.1 Å². The van der Waals surface area contributed by atoms with Gasteiger partial charge in [0, 0.05) is 17.3 Å². The maximum Gasteiger partial charge on any atom is 0.244 e. The first kappa shape index (κ1) is 22.9. The van der Waals surface area contributed by atoms with Gasteiger partial charge in [0.05, 0.1) is 29.2 Å². The number of aliphatic hydroxyl groups excluding tert-OH is 1. The number of amides is 3. The first-order valence-corrected chi connectivity index (χ1v) is 12.8. The van der Waals surface area contributed by atoms with Crippen molar-refractivity contribution in [3.05, 3.63) is 0 Å². The van der Waals surface area contributed by atoms with Gasteiger partial charge >= 0.3 is 0 Å². The van der Waals surface area contributed by atoms with Crippen molar-refractivity contribution in [1.82, 2.24) is 15.5 Å². The second kappa shape index (κ2) is 8.58. The summed E-state index contributed by atoms with van der Waals surface area (Å²) < 4.78 is -0.932. The summed E-state index contributed by atoms with van der Waals surface area (Å²) in [6.07, 6.45) is 7.80. The summed E-state index contributed by atoms with van der Waals surface area (Å²) in [6.45, 7) is 6.28. The zero-order valence-corrected chi connectivity index (χ0v) is 19.8. The van der Waals surface area contributed by atoms with E-state index in [1.807, 2.05) is 6.92 Å². The van der Waals surface area contributed by atoms with E-state index in [9.17, 15) is 19.5 Å². The van der Waals surface area contributed by atoms with Gasteiger partial charge in [-0.3, -0.25) is 14.4 Å². The van der Waals surface area contributed by atoms with E-state index >= 15 is 0 Å². The van der Waals surface area contributed by atoms with E-state index in [1.165, 1.54) is 6.42 Å². The lowest BCUT2D eigenvalue weighted by Crippen LogP contribution is -2.57. The molecule has 174 valence electrons. The molecule has 2 bridgehead atoms. The molecular weight excluding hydrogens is 414 g/mol. The molecule has 1 spiro atoms. The fourth-order valence-corrected chi connectivity index (χ4v) is 8.85. The SMILES string of the molecule is CCCNC(=O)[C@@H]1[C@H]2C(=O)N([C@H](C)CO)C(C(=O)NC3CCCCC3)C23CC[C@@]1(C)S3. The third-order valence-corrected chi connectivity index (χ3v) is 9.97. The molecule has 7 nitrogen and oxygen atoms in total. The number of fused-ring (bicyclic) bond motifs is 1. The highest BCUT2D eigenvalue weighted by atomic mass is 32.2. The molecule has 3 N–H and O–H groups in total. The summed E-state index contributed by atoms with van der Waals surface area (Å²) in [7, 11) is 0. The van der Waals surface area contributed by atoms with Gasteiger partial charge in [-0.25, -0.2) is 0 Å². The second-order valence-corrected chi connectivity index (χ2v) is 12.0. The van der Waals surface area contributed by atoms with Gasteiger partial charge in [0.25, 0.3) is 0 Å². The minimum atomic E-state index is -0.634. The molecule has 0 radical (unpaired) electrons. The molecule has 1 aliphatic carbocycles. The number of carbonyl (C=O) groups excluding carboxylic acids is 3. The summed E-state index contributed by atoms with van der Waals surface area (Å²) in [6, 6.07) is -0.938. The predicted molar refractivity (Wildman–Crippen MR) is 120 cm³/mol. The summed E-state index contributed by atoms with van der Waals surface area (Å²) in [5.41, 5.74) is 0. The van der Waals surface area contributed by atoms with Gasteiger partial charge in [-0.2, -0.15) is 0 Å². The van der Waals surface area contributed by atoms with Crippen molar-refractivity contribution in [2.75, 3.05) is 13.2 Å². The highest BCUT2D eigenvalue weighted by Crippen LogP contribution is 2.71. The molecule has 3 saturated heterocycles. The third kappa shape index (κ3) is 3.58. The fourth-order valence-electron chi connectivity index (χ4n) is 6.51. The van der Waals surface area contributed by atoms with E-state index in [0.717, 1.165) is 44.9 Å². The molecule has 4 rings (SSSR count). The smallest absolute Gasteiger partial charge is 0.244 e. The van der Waals surface area contributed by atoms with Crippen LogP contribution < -0.4 is 10.6 Å². The number of nitrogens with one attached hydrogen (secondary N) is 2. The molecule has 1 saturated carbocycles. The molecule has 6 atom stereocenters. The van der Waals surface area contributed by atoms with E-state index in [2.05, 4.69) is 17.6 Å². The molecule has 3 amide bonds. The second-order valence-electron chi connectivity index (χ2n) is 10.1. The molecule has 0 aromatic rings. The van der Waals surface area contributed by atoms with Crippen molar-refractivity contribution < 1.29 is 19.5 Å². The fraction of sp³-hybridized carbons (Fsp3) is 0.870. The molecule has 3 aliphatic heterocycles. The Kier molecular flexibility index (Phi) is 6.34. The lowest BCUT2D eigenvalue weighted by molar-refractivity contribution is -0.143. The van der Waals surface area contributed by atoms with Crippen LogP contribution in [0.2, 0.25) is 0 Å². The standard InChI is InChI=1S/C23H37N3O4S/c1-4-12-24-19(28)16-17-21(30)26(14(2)13-27)18(23(17)11-10-22(16,3)31-23)20(29)25-15-8-6-5-7-9-15/h14-18,27H,4-13H2,1-3H3,(H,24,28)(H,25,29)/t14-,16+,17+,18?,22-,23?/m1/s1. The summed E-state index contributed by atoms with van der Waals surface area (Å²) in [4.78, 5) is 42.2. The quantitative estimate of drug-likeness (QED) is 0.548. The van der Waals surface area contributed by atoms with Crippen LogP contribution in [0.5, 0.6) is 0 Å². The maximum atomic E-state index is 13.8. The van der Waals surface area contributed by atoms with Crippen LogP contribution in [-0.2, 0) is 14.4 Å². The van der Waals surface area contributed by atoms with Crippen LogP contribution in [0.25, 0.3) is 0 Å². The number of hydrogen-bond acceptors (Lipinski definition) is 5.